The van der Waals surface area contributed by atoms with Crippen molar-refractivity contribution in [3.63, 3.8) is 0 Å². The zero-order valence-electron chi connectivity index (χ0n) is 8.57. The summed E-state index contributed by atoms with van der Waals surface area (Å²) in [7, 11) is 0. The van der Waals surface area contributed by atoms with Crippen LogP contribution in [-0.2, 0) is 4.79 Å². The van der Waals surface area contributed by atoms with E-state index in [9.17, 15) is 4.79 Å². The second kappa shape index (κ2) is 7.87. The fourth-order valence-electron chi connectivity index (χ4n) is 0.957. The quantitative estimate of drug-likeness (QED) is 0.279. The number of aliphatic hydroxyl groups is 2. The van der Waals surface area contributed by atoms with Crippen LogP contribution in [0.4, 0.5) is 0 Å². The summed E-state index contributed by atoms with van der Waals surface area (Å²) < 4.78 is 0. The van der Waals surface area contributed by atoms with Gasteiger partial charge in [0.1, 0.15) is 12.0 Å². The fraction of sp³-hybridized carbons (Fsp3) is 0.500. The Morgan fingerprint density at radius 2 is 2.00 bits per heavy atom. The molecule has 0 saturated heterocycles. The van der Waals surface area contributed by atoms with E-state index in [1.807, 2.05) is 0 Å². The van der Waals surface area contributed by atoms with E-state index in [-0.39, 0.29) is 17.9 Å². The monoisotopic (exact) mass is 215 g/mol. The number of nitrogens with one attached hydrogen (secondary N) is 1. The van der Waals surface area contributed by atoms with Crippen LogP contribution in [0.2, 0.25) is 0 Å². The molecule has 0 heterocycles. The minimum atomic E-state index is -0.955. The summed E-state index contributed by atoms with van der Waals surface area (Å²) in [5, 5.41) is 28.6. The molecule has 5 nitrogen and oxygen atoms in total. The zero-order chi connectivity index (χ0) is 11.7. The Bertz CT molecular complexity index is 248. The van der Waals surface area contributed by atoms with Crippen LogP contribution in [0, 0.1) is 0 Å². The lowest BCUT2D eigenvalue weighted by molar-refractivity contribution is -0.132. The molecule has 0 aromatic carbocycles. The van der Waals surface area contributed by atoms with Crippen LogP contribution in [-0.4, -0.2) is 34.4 Å². The SMILES string of the molecule is C=C(CCCCNCC(O)=CO)C(=O)O. The highest BCUT2D eigenvalue weighted by atomic mass is 16.4. The van der Waals surface area contributed by atoms with Gasteiger partial charge in [0.2, 0.25) is 0 Å². The molecule has 0 aliphatic rings. The zero-order valence-corrected chi connectivity index (χ0v) is 8.57. The normalized spacial score (nSPS) is 11.3. The van der Waals surface area contributed by atoms with Gasteiger partial charge in [0.25, 0.3) is 0 Å². The molecule has 15 heavy (non-hydrogen) atoms. The predicted octanol–water partition coefficient (Wildman–Crippen LogP) is 1.34. The first kappa shape index (κ1) is 13.5. The predicted molar refractivity (Wildman–Crippen MR) is 56.8 cm³/mol. The molecule has 0 aromatic heterocycles. The van der Waals surface area contributed by atoms with Crippen molar-refractivity contribution in [1.29, 1.82) is 0 Å². The van der Waals surface area contributed by atoms with Crippen molar-refractivity contribution in [3.8, 4) is 0 Å². The Hall–Kier alpha value is -1.49. The van der Waals surface area contributed by atoms with Crippen molar-refractivity contribution in [2.45, 2.75) is 19.3 Å². The van der Waals surface area contributed by atoms with Crippen molar-refractivity contribution in [1.82, 2.24) is 5.32 Å². The van der Waals surface area contributed by atoms with E-state index in [2.05, 4.69) is 11.9 Å². The van der Waals surface area contributed by atoms with Gasteiger partial charge in [-0.2, -0.15) is 0 Å². The van der Waals surface area contributed by atoms with E-state index in [0.29, 0.717) is 19.2 Å². The summed E-state index contributed by atoms with van der Waals surface area (Å²) in [6.45, 7) is 4.29. The molecule has 86 valence electrons. The summed E-state index contributed by atoms with van der Waals surface area (Å²) in [5.74, 6) is -1.08. The lowest BCUT2D eigenvalue weighted by Gasteiger charge is -2.03. The molecule has 0 rings (SSSR count). The Morgan fingerprint density at radius 1 is 1.33 bits per heavy atom. The number of carboxylic acids is 1. The lowest BCUT2D eigenvalue weighted by atomic mass is 10.1. The molecule has 4 N–H and O–H groups in total. The molecule has 0 atom stereocenters. The van der Waals surface area contributed by atoms with Crippen LogP contribution < -0.4 is 5.32 Å². The average molecular weight is 215 g/mol. The van der Waals surface area contributed by atoms with Gasteiger partial charge >= 0.3 is 5.97 Å². The van der Waals surface area contributed by atoms with Crippen molar-refractivity contribution < 1.29 is 20.1 Å². The van der Waals surface area contributed by atoms with Gasteiger partial charge in [0.05, 0.1) is 6.54 Å². The highest BCUT2D eigenvalue weighted by molar-refractivity contribution is 5.85. The molecule has 0 aromatic rings. The van der Waals surface area contributed by atoms with E-state index in [1.54, 1.807) is 0 Å². The third-order valence-corrected chi connectivity index (χ3v) is 1.84. The fourth-order valence-corrected chi connectivity index (χ4v) is 0.957. The van der Waals surface area contributed by atoms with Gasteiger partial charge in [-0.1, -0.05) is 6.58 Å². The lowest BCUT2D eigenvalue weighted by Crippen LogP contribution is -2.18. The number of carbonyl (C=O) groups is 1. The second-order valence-corrected chi connectivity index (χ2v) is 3.16. The van der Waals surface area contributed by atoms with Crippen LogP contribution in [0.5, 0.6) is 0 Å². The molecule has 0 aliphatic carbocycles. The Morgan fingerprint density at radius 3 is 2.53 bits per heavy atom. The van der Waals surface area contributed by atoms with Crippen LogP contribution in [0.3, 0.4) is 0 Å². The number of unbranched alkanes of at least 4 members (excludes halogenated alkanes) is 1. The number of rotatable bonds is 8. The van der Waals surface area contributed by atoms with Crippen LogP contribution in [0.1, 0.15) is 19.3 Å². The van der Waals surface area contributed by atoms with E-state index in [4.69, 9.17) is 15.3 Å². The third-order valence-electron chi connectivity index (χ3n) is 1.84. The van der Waals surface area contributed by atoms with E-state index < -0.39 is 5.97 Å². The molecule has 0 bridgehead atoms. The summed E-state index contributed by atoms with van der Waals surface area (Å²) in [5.41, 5.74) is 0.216. The summed E-state index contributed by atoms with van der Waals surface area (Å²) in [6, 6.07) is 0. The first-order valence-corrected chi connectivity index (χ1v) is 4.72. The van der Waals surface area contributed by atoms with Gasteiger partial charge in [0, 0.05) is 5.57 Å². The molecule has 0 saturated carbocycles. The largest absolute Gasteiger partial charge is 0.512 e. The molecule has 5 heteroatoms. The number of hydrogen-bond donors (Lipinski definition) is 4. The maximum atomic E-state index is 10.4. The van der Waals surface area contributed by atoms with Crippen LogP contribution >= 0.6 is 0 Å². The first-order valence-electron chi connectivity index (χ1n) is 4.72. The van der Waals surface area contributed by atoms with Crippen LogP contribution in [0.15, 0.2) is 24.2 Å². The van der Waals surface area contributed by atoms with Gasteiger partial charge in [-0.3, -0.25) is 0 Å². The van der Waals surface area contributed by atoms with Crippen LogP contribution in [0.25, 0.3) is 0 Å². The van der Waals surface area contributed by atoms with Crippen molar-refractivity contribution >= 4 is 5.97 Å². The highest BCUT2D eigenvalue weighted by Crippen LogP contribution is 2.04. The molecular weight excluding hydrogens is 198 g/mol. The molecule has 0 fully saturated rings. The van der Waals surface area contributed by atoms with E-state index in [1.165, 1.54) is 0 Å². The topological polar surface area (TPSA) is 89.8 Å². The van der Waals surface area contributed by atoms with Gasteiger partial charge in [0.15, 0.2) is 0 Å². The van der Waals surface area contributed by atoms with Crippen molar-refractivity contribution in [3.05, 3.63) is 24.2 Å². The van der Waals surface area contributed by atoms with Crippen molar-refractivity contribution in [2.75, 3.05) is 13.1 Å². The summed E-state index contributed by atoms with van der Waals surface area (Å²) in [4.78, 5) is 10.4. The summed E-state index contributed by atoms with van der Waals surface area (Å²) in [6.07, 6.45) is 2.64. The Balaban J connectivity index is 3.33. The maximum Gasteiger partial charge on any atom is 0.330 e. The maximum absolute atomic E-state index is 10.4. The summed E-state index contributed by atoms with van der Waals surface area (Å²) >= 11 is 0. The van der Waals surface area contributed by atoms with Gasteiger partial charge < -0.3 is 20.6 Å². The van der Waals surface area contributed by atoms with Gasteiger partial charge in [-0.05, 0) is 25.8 Å². The minimum Gasteiger partial charge on any atom is -0.512 e. The van der Waals surface area contributed by atoms with Gasteiger partial charge in [-0.25, -0.2) is 4.79 Å². The average Bonchev–Trinajstić information content (AvgIpc) is 2.22. The molecule has 0 spiro atoms. The number of aliphatic carboxylic acids is 1. The smallest absolute Gasteiger partial charge is 0.330 e. The minimum absolute atomic E-state index is 0.120. The number of hydrogen-bond acceptors (Lipinski definition) is 4. The number of aliphatic hydroxyl groups excluding tert-OH is 2. The van der Waals surface area contributed by atoms with E-state index in [0.717, 1.165) is 12.8 Å². The molecule has 0 radical (unpaired) electrons. The molecule has 0 amide bonds. The first-order chi connectivity index (χ1) is 7.07. The highest BCUT2D eigenvalue weighted by Gasteiger charge is 2.02. The molecular formula is C10H17NO4. The van der Waals surface area contributed by atoms with Crippen molar-refractivity contribution in [2.24, 2.45) is 0 Å². The Labute approximate surface area is 88.7 Å². The molecule has 0 aliphatic heterocycles. The molecule has 0 unspecified atom stereocenters. The standard InChI is InChI=1S/C10H17NO4/c1-8(10(14)15)4-2-3-5-11-6-9(13)7-12/h7,11-13H,1-6H2,(H,14,15). The Kier molecular flexibility index (Phi) is 7.09. The second-order valence-electron chi connectivity index (χ2n) is 3.16. The third kappa shape index (κ3) is 7.57. The number of carboxylic acid groups (broad SMARTS) is 1. The van der Waals surface area contributed by atoms with E-state index >= 15 is 0 Å². The van der Waals surface area contributed by atoms with Gasteiger partial charge in [-0.15, -0.1) is 0 Å².